The number of rotatable bonds is 11. The van der Waals surface area contributed by atoms with Crippen LogP contribution >= 0.6 is 0 Å². The molecule has 40 heavy (non-hydrogen) atoms. The van der Waals surface area contributed by atoms with Gasteiger partial charge in [-0.2, -0.15) is 0 Å². The van der Waals surface area contributed by atoms with Crippen molar-refractivity contribution in [1.82, 2.24) is 10.2 Å². The number of carbonyl (C=O) groups is 2. The minimum Gasteiger partial charge on any atom is -0.497 e. The van der Waals surface area contributed by atoms with Crippen LogP contribution in [0.2, 0.25) is 0 Å². The minimum atomic E-state index is -4.17. The van der Waals surface area contributed by atoms with Crippen LogP contribution in [0, 0.1) is 5.82 Å². The van der Waals surface area contributed by atoms with E-state index >= 15 is 0 Å². The molecule has 1 aliphatic rings. The van der Waals surface area contributed by atoms with Gasteiger partial charge in [0.25, 0.3) is 10.0 Å². The molecule has 0 aliphatic heterocycles. The average molecular weight is 568 g/mol. The lowest BCUT2D eigenvalue weighted by molar-refractivity contribution is -0.139. The molecule has 0 bridgehead atoms. The number of amides is 2. The first-order chi connectivity index (χ1) is 19.2. The van der Waals surface area contributed by atoms with Crippen LogP contribution in [0.5, 0.6) is 5.75 Å². The maximum Gasteiger partial charge on any atom is 0.264 e. The van der Waals surface area contributed by atoms with Gasteiger partial charge in [0.05, 0.1) is 17.7 Å². The van der Waals surface area contributed by atoms with Gasteiger partial charge in [0.2, 0.25) is 11.8 Å². The summed E-state index contributed by atoms with van der Waals surface area (Å²) in [5.41, 5.74) is 0.843. The molecule has 4 rings (SSSR count). The van der Waals surface area contributed by atoms with Gasteiger partial charge in [0.1, 0.15) is 24.2 Å². The molecular formula is C30H34FN3O5S. The molecule has 1 saturated carbocycles. The Balaban J connectivity index is 1.68. The maximum absolute atomic E-state index is 13.9. The van der Waals surface area contributed by atoms with E-state index in [1.807, 2.05) is 0 Å². The summed E-state index contributed by atoms with van der Waals surface area (Å²) in [7, 11) is -2.70. The Kier molecular flexibility index (Phi) is 9.42. The molecule has 0 heterocycles. The fourth-order valence-electron chi connectivity index (χ4n) is 4.78. The van der Waals surface area contributed by atoms with Crippen LogP contribution in [0.1, 0.15) is 38.2 Å². The van der Waals surface area contributed by atoms with E-state index in [1.165, 1.54) is 54.5 Å². The Labute approximate surface area is 234 Å². The summed E-state index contributed by atoms with van der Waals surface area (Å²) in [4.78, 5) is 28.5. The molecule has 1 fully saturated rings. The standard InChI is InChI=1S/C30H34FN3O5S/c1-22(30(36)32-25-9-6-7-10-25)33(20-23-15-17-24(31)18-16-23)29(35)21-34(26-11-8-12-27(19-26)39-2)40(37,38)28-13-4-3-5-14-28/h3-5,8,11-19,22,25H,6-7,9-10,20-21H2,1-2H3,(H,32,36). The second kappa shape index (κ2) is 13.0. The quantitative estimate of drug-likeness (QED) is 0.368. The number of hydrogen-bond donors (Lipinski definition) is 1. The summed E-state index contributed by atoms with van der Waals surface area (Å²) in [6.07, 6.45) is 3.82. The van der Waals surface area contributed by atoms with Crippen molar-refractivity contribution in [3.05, 3.63) is 90.2 Å². The summed E-state index contributed by atoms with van der Waals surface area (Å²) < 4.78 is 47.5. The summed E-state index contributed by atoms with van der Waals surface area (Å²) in [6.45, 7) is 1.05. The number of ether oxygens (including phenoxy) is 1. The number of hydrogen-bond acceptors (Lipinski definition) is 5. The van der Waals surface area contributed by atoms with Crippen molar-refractivity contribution in [1.29, 1.82) is 0 Å². The Morgan fingerprint density at radius 3 is 2.33 bits per heavy atom. The molecule has 1 atom stereocenters. The van der Waals surface area contributed by atoms with Crippen molar-refractivity contribution in [2.24, 2.45) is 0 Å². The second-order valence-corrected chi connectivity index (χ2v) is 11.7. The van der Waals surface area contributed by atoms with Crippen LogP contribution < -0.4 is 14.4 Å². The third-order valence-electron chi connectivity index (χ3n) is 7.09. The monoisotopic (exact) mass is 567 g/mol. The van der Waals surface area contributed by atoms with E-state index in [9.17, 15) is 22.4 Å². The van der Waals surface area contributed by atoms with Gasteiger partial charge in [-0.15, -0.1) is 0 Å². The van der Waals surface area contributed by atoms with Crippen molar-refractivity contribution in [2.45, 2.75) is 56.1 Å². The zero-order valence-corrected chi connectivity index (χ0v) is 23.4. The highest BCUT2D eigenvalue weighted by Crippen LogP contribution is 2.27. The predicted octanol–water partition coefficient (Wildman–Crippen LogP) is 4.51. The first-order valence-corrected chi connectivity index (χ1v) is 14.7. The number of benzene rings is 3. The van der Waals surface area contributed by atoms with Gasteiger partial charge in [0.15, 0.2) is 0 Å². The zero-order chi connectivity index (χ0) is 28.7. The van der Waals surface area contributed by atoms with E-state index in [-0.39, 0.29) is 29.1 Å². The maximum atomic E-state index is 13.9. The number of nitrogens with zero attached hydrogens (tertiary/aromatic N) is 2. The number of nitrogens with one attached hydrogen (secondary N) is 1. The predicted molar refractivity (Wildman–Crippen MR) is 151 cm³/mol. The van der Waals surface area contributed by atoms with E-state index in [1.54, 1.807) is 43.3 Å². The molecule has 1 N–H and O–H groups in total. The molecule has 8 nitrogen and oxygen atoms in total. The number of anilines is 1. The lowest BCUT2D eigenvalue weighted by atomic mass is 10.1. The van der Waals surface area contributed by atoms with E-state index < -0.39 is 34.3 Å². The molecule has 0 spiro atoms. The highest BCUT2D eigenvalue weighted by atomic mass is 32.2. The first kappa shape index (κ1) is 29.1. The van der Waals surface area contributed by atoms with Crippen molar-refractivity contribution >= 4 is 27.5 Å². The van der Waals surface area contributed by atoms with Gasteiger partial charge >= 0.3 is 0 Å². The SMILES string of the molecule is COc1cccc(N(CC(=O)N(Cc2ccc(F)cc2)C(C)C(=O)NC2CCCC2)S(=O)(=O)c2ccccc2)c1. The van der Waals surface area contributed by atoms with Gasteiger partial charge in [-0.1, -0.05) is 49.2 Å². The van der Waals surface area contributed by atoms with Crippen LogP contribution in [0.3, 0.4) is 0 Å². The third-order valence-corrected chi connectivity index (χ3v) is 8.87. The van der Waals surface area contributed by atoms with Crippen molar-refractivity contribution in [3.63, 3.8) is 0 Å². The smallest absolute Gasteiger partial charge is 0.264 e. The lowest BCUT2D eigenvalue weighted by Crippen LogP contribution is -2.52. The summed E-state index contributed by atoms with van der Waals surface area (Å²) >= 11 is 0. The highest BCUT2D eigenvalue weighted by molar-refractivity contribution is 7.92. The molecule has 2 amide bonds. The Morgan fingerprint density at radius 2 is 1.68 bits per heavy atom. The molecule has 1 unspecified atom stereocenters. The molecule has 1 aliphatic carbocycles. The largest absolute Gasteiger partial charge is 0.497 e. The highest BCUT2D eigenvalue weighted by Gasteiger charge is 2.33. The number of carbonyl (C=O) groups excluding carboxylic acids is 2. The molecular weight excluding hydrogens is 533 g/mol. The number of methoxy groups -OCH3 is 1. The minimum absolute atomic E-state index is 0.00426. The molecule has 10 heteroatoms. The van der Waals surface area contributed by atoms with Crippen LogP contribution in [0.4, 0.5) is 10.1 Å². The first-order valence-electron chi connectivity index (χ1n) is 13.2. The van der Waals surface area contributed by atoms with Gasteiger partial charge in [-0.3, -0.25) is 13.9 Å². The van der Waals surface area contributed by atoms with Crippen molar-refractivity contribution in [2.75, 3.05) is 18.0 Å². The summed E-state index contributed by atoms with van der Waals surface area (Å²) in [5.74, 6) is -0.903. The summed E-state index contributed by atoms with van der Waals surface area (Å²) in [5, 5.41) is 3.02. The van der Waals surface area contributed by atoms with Gasteiger partial charge < -0.3 is 15.0 Å². The Bertz CT molecular complexity index is 1410. The summed E-state index contributed by atoms with van der Waals surface area (Å²) in [6, 6.07) is 19.1. The zero-order valence-electron chi connectivity index (χ0n) is 22.6. The van der Waals surface area contributed by atoms with Crippen LogP contribution in [-0.2, 0) is 26.2 Å². The number of halogens is 1. The van der Waals surface area contributed by atoms with E-state index in [2.05, 4.69) is 5.32 Å². The van der Waals surface area contributed by atoms with Crippen molar-refractivity contribution in [3.8, 4) is 5.75 Å². The molecule has 0 radical (unpaired) electrons. The fourth-order valence-corrected chi connectivity index (χ4v) is 6.20. The molecule has 0 saturated heterocycles. The Morgan fingerprint density at radius 1 is 1.00 bits per heavy atom. The van der Waals surface area contributed by atoms with Crippen molar-refractivity contribution < 1.29 is 27.1 Å². The van der Waals surface area contributed by atoms with E-state index in [4.69, 9.17) is 4.74 Å². The molecule has 212 valence electrons. The van der Waals surface area contributed by atoms with Gasteiger partial charge in [-0.05, 0) is 61.7 Å². The Hall–Kier alpha value is -3.92. The lowest BCUT2D eigenvalue weighted by Gasteiger charge is -2.32. The third kappa shape index (κ3) is 6.98. The number of sulfonamides is 1. The van der Waals surface area contributed by atoms with Crippen LogP contribution in [0.25, 0.3) is 0 Å². The second-order valence-electron chi connectivity index (χ2n) is 9.84. The van der Waals surface area contributed by atoms with E-state index in [0.29, 0.717) is 11.3 Å². The fraction of sp³-hybridized carbons (Fsp3) is 0.333. The van der Waals surface area contributed by atoms with Crippen LogP contribution in [-0.4, -0.2) is 50.9 Å². The normalized spacial score (nSPS) is 14.4. The van der Waals surface area contributed by atoms with Crippen LogP contribution in [0.15, 0.2) is 83.8 Å². The van der Waals surface area contributed by atoms with Gasteiger partial charge in [-0.25, -0.2) is 12.8 Å². The molecule has 0 aromatic heterocycles. The van der Waals surface area contributed by atoms with Gasteiger partial charge in [0, 0.05) is 18.7 Å². The topological polar surface area (TPSA) is 96.0 Å². The van der Waals surface area contributed by atoms with E-state index in [0.717, 1.165) is 30.0 Å². The molecule has 3 aromatic rings. The molecule has 3 aromatic carbocycles. The average Bonchev–Trinajstić information content (AvgIpc) is 3.48.